The van der Waals surface area contributed by atoms with Gasteiger partial charge < -0.3 is 0 Å². The molecule has 0 bridgehead atoms. The van der Waals surface area contributed by atoms with Gasteiger partial charge in [0.15, 0.2) is 5.82 Å². The zero-order valence-corrected chi connectivity index (χ0v) is 14.3. The molecule has 0 saturated heterocycles. The standard InChI is InChI=1S/C15H25N5S/c1-5-6-8-20-15(16-14(19-20)7-9-21-4)10-13-11(2)17-18-12(13)3/h5-10H2,1-4H3,(H,17,18). The van der Waals surface area contributed by atoms with Crippen LogP contribution < -0.4 is 0 Å². The Morgan fingerprint density at radius 2 is 2.10 bits per heavy atom. The molecular formula is C15H25N5S. The maximum absolute atomic E-state index is 4.75. The molecular weight excluding hydrogens is 282 g/mol. The van der Waals surface area contributed by atoms with Crippen LogP contribution >= 0.6 is 11.8 Å². The molecule has 6 heteroatoms. The molecule has 0 unspecified atom stereocenters. The Hall–Kier alpha value is -1.30. The van der Waals surface area contributed by atoms with Crippen molar-refractivity contribution in [3.8, 4) is 0 Å². The first-order chi connectivity index (χ1) is 10.2. The van der Waals surface area contributed by atoms with Crippen LogP contribution in [0.2, 0.25) is 0 Å². The van der Waals surface area contributed by atoms with Gasteiger partial charge in [-0.3, -0.25) is 5.10 Å². The summed E-state index contributed by atoms with van der Waals surface area (Å²) in [5.41, 5.74) is 3.43. The summed E-state index contributed by atoms with van der Waals surface area (Å²) >= 11 is 1.84. The van der Waals surface area contributed by atoms with E-state index in [4.69, 9.17) is 4.98 Å². The van der Waals surface area contributed by atoms with Crippen molar-refractivity contribution in [3.05, 3.63) is 28.6 Å². The zero-order valence-electron chi connectivity index (χ0n) is 13.4. The molecule has 2 heterocycles. The van der Waals surface area contributed by atoms with E-state index < -0.39 is 0 Å². The number of aromatic amines is 1. The van der Waals surface area contributed by atoms with Crippen LogP contribution in [0.15, 0.2) is 0 Å². The third kappa shape index (κ3) is 4.09. The van der Waals surface area contributed by atoms with Gasteiger partial charge in [-0.25, -0.2) is 9.67 Å². The number of H-pyrrole nitrogens is 1. The fraction of sp³-hybridized carbons (Fsp3) is 0.667. The van der Waals surface area contributed by atoms with Crippen molar-refractivity contribution in [2.45, 2.75) is 53.0 Å². The van der Waals surface area contributed by atoms with E-state index in [1.165, 1.54) is 12.0 Å². The van der Waals surface area contributed by atoms with Crippen molar-refractivity contribution >= 4 is 11.8 Å². The predicted molar refractivity (Wildman–Crippen MR) is 87.9 cm³/mol. The van der Waals surface area contributed by atoms with Crippen LogP contribution in [0.4, 0.5) is 0 Å². The lowest BCUT2D eigenvalue weighted by molar-refractivity contribution is 0.546. The second-order valence-electron chi connectivity index (χ2n) is 5.35. The molecule has 0 spiro atoms. The minimum Gasteiger partial charge on any atom is -0.282 e. The number of nitrogens with zero attached hydrogens (tertiary/aromatic N) is 4. The average Bonchev–Trinajstić information content (AvgIpc) is 3.01. The highest BCUT2D eigenvalue weighted by atomic mass is 32.2. The molecule has 2 aromatic rings. The summed E-state index contributed by atoms with van der Waals surface area (Å²) in [6.07, 6.45) is 6.18. The number of hydrogen-bond donors (Lipinski definition) is 1. The van der Waals surface area contributed by atoms with Gasteiger partial charge in [-0.15, -0.1) is 0 Å². The highest BCUT2D eigenvalue weighted by Crippen LogP contribution is 2.15. The molecule has 0 fully saturated rings. The van der Waals surface area contributed by atoms with Crippen molar-refractivity contribution in [3.63, 3.8) is 0 Å². The van der Waals surface area contributed by atoms with E-state index >= 15 is 0 Å². The highest BCUT2D eigenvalue weighted by molar-refractivity contribution is 7.98. The lowest BCUT2D eigenvalue weighted by Crippen LogP contribution is -2.07. The van der Waals surface area contributed by atoms with E-state index in [1.54, 1.807) is 0 Å². The summed E-state index contributed by atoms with van der Waals surface area (Å²) in [7, 11) is 0. The first-order valence-corrected chi connectivity index (χ1v) is 8.97. The van der Waals surface area contributed by atoms with Crippen LogP contribution in [0, 0.1) is 13.8 Å². The Labute approximate surface area is 130 Å². The minimum atomic E-state index is 0.810. The molecule has 21 heavy (non-hydrogen) atoms. The zero-order chi connectivity index (χ0) is 15.2. The molecule has 1 N–H and O–H groups in total. The molecule has 2 rings (SSSR count). The molecule has 0 aliphatic heterocycles. The van der Waals surface area contributed by atoms with Gasteiger partial charge in [-0.05, 0) is 26.5 Å². The van der Waals surface area contributed by atoms with Crippen molar-refractivity contribution in [2.75, 3.05) is 12.0 Å². The molecule has 0 amide bonds. The minimum absolute atomic E-state index is 0.810. The Morgan fingerprint density at radius 1 is 1.29 bits per heavy atom. The number of hydrogen-bond acceptors (Lipinski definition) is 4. The number of unbranched alkanes of at least 4 members (excludes halogenated alkanes) is 1. The van der Waals surface area contributed by atoms with Crippen LogP contribution in [0.3, 0.4) is 0 Å². The third-order valence-electron chi connectivity index (χ3n) is 3.66. The topological polar surface area (TPSA) is 59.4 Å². The number of nitrogens with one attached hydrogen (secondary N) is 1. The summed E-state index contributed by atoms with van der Waals surface area (Å²) in [5, 5.41) is 12.0. The first kappa shape index (κ1) is 16.1. The van der Waals surface area contributed by atoms with Gasteiger partial charge in [-0.1, -0.05) is 13.3 Å². The lowest BCUT2D eigenvalue weighted by atomic mass is 10.1. The Balaban J connectivity index is 2.20. The number of aromatic nitrogens is 5. The maximum atomic E-state index is 4.75. The lowest BCUT2D eigenvalue weighted by Gasteiger charge is -2.05. The van der Waals surface area contributed by atoms with Gasteiger partial charge in [-0.2, -0.15) is 22.0 Å². The SMILES string of the molecule is CCCCn1nc(CCSC)nc1Cc1c(C)n[nH]c1C. The van der Waals surface area contributed by atoms with Crippen LogP contribution in [0.25, 0.3) is 0 Å². The van der Waals surface area contributed by atoms with Gasteiger partial charge in [0.2, 0.25) is 0 Å². The van der Waals surface area contributed by atoms with E-state index in [-0.39, 0.29) is 0 Å². The smallest absolute Gasteiger partial charge is 0.151 e. The van der Waals surface area contributed by atoms with Crippen LogP contribution in [-0.2, 0) is 19.4 Å². The average molecular weight is 307 g/mol. The Bertz CT molecular complexity index is 553. The molecule has 0 aliphatic rings. The molecule has 2 aromatic heterocycles. The van der Waals surface area contributed by atoms with Crippen LogP contribution in [-0.4, -0.2) is 37.0 Å². The molecule has 0 saturated carbocycles. The normalized spacial score (nSPS) is 11.2. The van der Waals surface area contributed by atoms with Crippen LogP contribution in [0.5, 0.6) is 0 Å². The van der Waals surface area contributed by atoms with E-state index in [1.807, 2.05) is 18.7 Å². The third-order valence-corrected chi connectivity index (χ3v) is 4.27. The Kier molecular flexibility index (Phi) is 5.85. The summed E-state index contributed by atoms with van der Waals surface area (Å²) < 4.78 is 2.09. The van der Waals surface area contributed by atoms with Crippen molar-refractivity contribution in [1.29, 1.82) is 0 Å². The summed E-state index contributed by atoms with van der Waals surface area (Å²) in [6, 6.07) is 0. The van der Waals surface area contributed by atoms with Gasteiger partial charge in [0, 0.05) is 36.4 Å². The molecule has 0 atom stereocenters. The van der Waals surface area contributed by atoms with Crippen molar-refractivity contribution in [2.24, 2.45) is 0 Å². The van der Waals surface area contributed by atoms with Crippen LogP contribution in [0.1, 0.15) is 48.4 Å². The van der Waals surface area contributed by atoms with E-state index in [2.05, 4.69) is 40.1 Å². The second-order valence-corrected chi connectivity index (χ2v) is 6.34. The maximum Gasteiger partial charge on any atom is 0.151 e. The number of thioether (sulfide) groups is 1. The fourth-order valence-corrected chi connectivity index (χ4v) is 2.72. The molecule has 5 nitrogen and oxygen atoms in total. The van der Waals surface area contributed by atoms with Crippen molar-refractivity contribution in [1.82, 2.24) is 25.0 Å². The molecule has 0 aliphatic carbocycles. The molecule has 0 radical (unpaired) electrons. The molecule has 116 valence electrons. The number of aryl methyl sites for hydroxylation is 4. The van der Waals surface area contributed by atoms with Crippen molar-refractivity contribution < 1.29 is 0 Å². The fourth-order valence-electron chi connectivity index (χ4n) is 2.34. The summed E-state index contributed by atoms with van der Waals surface area (Å²) in [4.78, 5) is 4.75. The number of rotatable bonds is 8. The molecule has 0 aromatic carbocycles. The monoisotopic (exact) mass is 307 g/mol. The summed E-state index contributed by atoms with van der Waals surface area (Å²) in [5.74, 6) is 3.10. The van der Waals surface area contributed by atoms with E-state index in [9.17, 15) is 0 Å². The van der Waals surface area contributed by atoms with Gasteiger partial charge >= 0.3 is 0 Å². The van der Waals surface area contributed by atoms with Gasteiger partial charge in [0.25, 0.3) is 0 Å². The predicted octanol–water partition coefficient (Wildman–Crippen LogP) is 2.91. The van der Waals surface area contributed by atoms with Gasteiger partial charge in [0.1, 0.15) is 5.82 Å². The van der Waals surface area contributed by atoms with E-state index in [0.717, 1.165) is 54.6 Å². The highest BCUT2D eigenvalue weighted by Gasteiger charge is 2.14. The van der Waals surface area contributed by atoms with Gasteiger partial charge in [0.05, 0.1) is 5.69 Å². The second kappa shape index (κ2) is 7.64. The van der Waals surface area contributed by atoms with E-state index in [0.29, 0.717) is 0 Å². The Morgan fingerprint density at radius 3 is 2.71 bits per heavy atom. The first-order valence-electron chi connectivity index (χ1n) is 7.57. The quantitative estimate of drug-likeness (QED) is 0.814. The summed E-state index contributed by atoms with van der Waals surface area (Å²) in [6.45, 7) is 7.26. The largest absolute Gasteiger partial charge is 0.282 e.